The molecule has 2 aromatic carbocycles. The van der Waals surface area contributed by atoms with E-state index in [0.29, 0.717) is 5.56 Å². The number of ether oxygens (including phenoxy) is 1. The molecule has 1 heterocycles. The van der Waals surface area contributed by atoms with Crippen LogP contribution >= 0.6 is 0 Å². The van der Waals surface area contributed by atoms with E-state index in [2.05, 4.69) is 15.5 Å². The number of aryl methyl sites for hydroxylation is 2. The molecule has 0 fully saturated rings. The summed E-state index contributed by atoms with van der Waals surface area (Å²) in [6, 6.07) is 12.9. The Kier molecular flexibility index (Phi) is 4.29. The molecule has 1 aromatic heterocycles. The Balaban J connectivity index is 1.77. The van der Waals surface area contributed by atoms with Crippen LogP contribution in [0.4, 0.5) is 5.69 Å². The van der Waals surface area contributed by atoms with Gasteiger partial charge in [0, 0.05) is 11.3 Å². The summed E-state index contributed by atoms with van der Waals surface area (Å²) in [4.78, 5) is 12.3. The minimum Gasteiger partial charge on any atom is -0.497 e. The number of methoxy groups -OCH3 is 1. The normalized spacial score (nSPS) is 10.5. The van der Waals surface area contributed by atoms with Crippen molar-refractivity contribution in [3.05, 3.63) is 59.5 Å². The van der Waals surface area contributed by atoms with Gasteiger partial charge in [0.25, 0.3) is 0 Å². The smallest absolute Gasteiger partial charge is 0.313 e. The van der Waals surface area contributed by atoms with Gasteiger partial charge in [0.1, 0.15) is 5.75 Å². The number of benzene rings is 2. The van der Waals surface area contributed by atoms with Crippen LogP contribution in [0.3, 0.4) is 0 Å². The molecule has 3 aromatic rings. The van der Waals surface area contributed by atoms with E-state index in [1.54, 1.807) is 31.4 Å². The van der Waals surface area contributed by atoms with Gasteiger partial charge < -0.3 is 14.5 Å². The summed E-state index contributed by atoms with van der Waals surface area (Å²) in [6.45, 7) is 3.93. The Morgan fingerprint density at radius 2 is 1.83 bits per heavy atom. The van der Waals surface area contributed by atoms with Crippen molar-refractivity contribution in [3.8, 4) is 17.2 Å². The summed E-state index contributed by atoms with van der Waals surface area (Å²) >= 11 is 0. The maximum absolute atomic E-state index is 12.3. The lowest BCUT2D eigenvalue weighted by atomic mass is 10.1. The van der Waals surface area contributed by atoms with Crippen LogP contribution in [-0.2, 0) is 0 Å². The van der Waals surface area contributed by atoms with Gasteiger partial charge in [-0.05, 0) is 49.7 Å². The van der Waals surface area contributed by atoms with Gasteiger partial charge in [-0.1, -0.05) is 17.7 Å². The number of rotatable bonds is 4. The fourth-order valence-corrected chi connectivity index (χ4v) is 2.29. The molecule has 24 heavy (non-hydrogen) atoms. The summed E-state index contributed by atoms with van der Waals surface area (Å²) in [6.07, 6.45) is 0. The molecule has 0 unspecified atom stereocenters. The number of carbonyl (C=O) groups is 1. The summed E-state index contributed by atoms with van der Waals surface area (Å²) < 4.78 is 10.6. The molecule has 0 radical (unpaired) electrons. The van der Waals surface area contributed by atoms with Crippen LogP contribution in [0.1, 0.15) is 21.8 Å². The van der Waals surface area contributed by atoms with E-state index in [4.69, 9.17) is 9.15 Å². The Bertz CT molecular complexity index is 869. The van der Waals surface area contributed by atoms with Crippen LogP contribution in [0.25, 0.3) is 11.5 Å². The van der Waals surface area contributed by atoms with Crippen molar-refractivity contribution in [1.82, 2.24) is 10.2 Å². The molecular weight excluding hydrogens is 306 g/mol. The van der Waals surface area contributed by atoms with Crippen molar-refractivity contribution in [2.75, 3.05) is 12.4 Å². The van der Waals surface area contributed by atoms with Gasteiger partial charge in [-0.2, -0.15) is 0 Å². The second-order valence-corrected chi connectivity index (χ2v) is 5.41. The van der Waals surface area contributed by atoms with Crippen LogP contribution in [-0.4, -0.2) is 23.2 Å². The largest absolute Gasteiger partial charge is 0.497 e. The average molecular weight is 323 g/mol. The first-order valence-corrected chi connectivity index (χ1v) is 7.43. The minimum atomic E-state index is -0.436. The zero-order valence-electron chi connectivity index (χ0n) is 13.7. The molecule has 3 rings (SSSR count). The van der Waals surface area contributed by atoms with Crippen LogP contribution in [0.15, 0.2) is 46.9 Å². The fraction of sp³-hybridized carbons (Fsp3) is 0.167. The SMILES string of the molecule is COc1ccc(-c2nnc(C(=O)Nc3ccc(C)cc3C)o2)cc1. The maximum atomic E-state index is 12.3. The van der Waals surface area contributed by atoms with Crippen molar-refractivity contribution in [3.63, 3.8) is 0 Å². The van der Waals surface area contributed by atoms with Gasteiger partial charge >= 0.3 is 11.8 Å². The first-order valence-electron chi connectivity index (χ1n) is 7.43. The Morgan fingerprint density at radius 3 is 2.50 bits per heavy atom. The highest BCUT2D eigenvalue weighted by Gasteiger charge is 2.16. The second kappa shape index (κ2) is 6.54. The van der Waals surface area contributed by atoms with Crippen LogP contribution < -0.4 is 10.1 Å². The Morgan fingerprint density at radius 1 is 1.08 bits per heavy atom. The molecule has 0 saturated carbocycles. The highest BCUT2D eigenvalue weighted by atomic mass is 16.5. The van der Waals surface area contributed by atoms with E-state index in [0.717, 1.165) is 22.6 Å². The van der Waals surface area contributed by atoms with Gasteiger partial charge in [0.15, 0.2) is 0 Å². The van der Waals surface area contributed by atoms with Gasteiger partial charge in [-0.15, -0.1) is 10.2 Å². The third-order valence-corrected chi connectivity index (χ3v) is 3.59. The number of anilines is 1. The van der Waals surface area contributed by atoms with Crippen LogP contribution in [0.5, 0.6) is 5.75 Å². The Hall–Kier alpha value is -3.15. The molecular formula is C18H17N3O3. The van der Waals surface area contributed by atoms with E-state index in [1.165, 1.54) is 0 Å². The lowest BCUT2D eigenvalue weighted by Gasteiger charge is -2.06. The summed E-state index contributed by atoms with van der Waals surface area (Å²) in [5.74, 6) is 0.490. The predicted octanol–water partition coefficient (Wildman–Crippen LogP) is 3.61. The molecule has 0 aliphatic carbocycles. The monoisotopic (exact) mass is 323 g/mol. The van der Waals surface area contributed by atoms with Crippen molar-refractivity contribution >= 4 is 11.6 Å². The summed E-state index contributed by atoms with van der Waals surface area (Å²) in [5.41, 5.74) is 3.53. The molecule has 0 spiro atoms. The predicted molar refractivity (Wildman–Crippen MR) is 90.2 cm³/mol. The van der Waals surface area contributed by atoms with Crippen molar-refractivity contribution in [1.29, 1.82) is 0 Å². The quantitative estimate of drug-likeness (QED) is 0.793. The molecule has 1 amide bonds. The number of hydrogen-bond donors (Lipinski definition) is 1. The van der Waals surface area contributed by atoms with E-state index < -0.39 is 5.91 Å². The summed E-state index contributed by atoms with van der Waals surface area (Å²) in [7, 11) is 1.59. The summed E-state index contributed by atoms with van der Waals surface area (Å²) in [5, 5.41) is 10.5. The number of hydrogen-bond acceptors (Lipinski definition) is 5. The van der Waals surface area contributed by atoms with Gasteiger partial charge in [-0.25, -0.2) is 0 Å². The number of nitrogens with zero attached hydrogens (tertiary/aromatic N) is 2. The molecule has 0 atom stereocenters. The van der Waals surface area contributed by atoms with E-state index in [-0.39, 0.29) is 11.8 Å². The van der Waals surface area contributed by atoms with Crippen LogP contribution in [0.2, 0.25) is 0 Å². The van der Waals surface area contributed by atoms with Gasteiger partial charge in [0.2, 0.25) is 5.89 Å². The highest BCUT2D eigenvalue weighted by molar-refractivity contribution is 6.01. The highest BCUT2D eigenvalue weighted by Crippen LogP contribution is 2.22. The first kappa shape index (κ1) is 15.7. The molecule has 0 aliphatic heterocycles. The molecule has 0 aliphatic rings. The van der Waals surface area contributed by atoms with E-state index >= 15 is 0 Å². The third kappa shape index (κ3) is 3.27. The fourth-order valence-electron chi connectivity index (χ4n) is 2.29. The average Bonchev–Trinajstić information content (AvgIpc) is 3.07. The lowest BCUT2D eigenvalue weighted by Crippen LogP contribution is -2.13. The zero-order valence-corrected chi connectivity index (χ0v) is 13.7. The van der Waals surface area contributed by atoms with Crippen molar-refractivity contribution in [2.45, 2.75) is 13.8 Å². The minimum absolute atomic E-state index is 0.0826. The lowest BCUT2D eigenvalue weighted by molar-refractivity contribution is 0.0990. The van der Waals surface area contributed by atoms with E-state index in [1.807, 2.05) is 32.0 Å². The number of amides is 1. The van der Waals surface area contributed by atoms with Gasteiger partial charge in [0.05, 0.1) is 7.11 Å². The molecule has 6 heteroatoms. The molecule has 0 saturated heterocycles. The number of carbonyl (C=O) groups excluding carboxylic acids is 1. The number of aromatic nitrogens is 2. The third-order valence-electron chi connectivity index (χ3n) is 3.59. The van der Waals surface area contributed by atoms with E-state index in [9.17, 15) is 4.79 Å². The van der Waals surface area contributed by atoms with Crippen molar-refractivity contribution < 1.29 is 13.9 Å². The second-order valence-electron chi connectivity index (χ2n) is 5.41. The molecule has 1 N–H and O–H groups in total. The molecule has 0 bridgehead atoms. The zero-order chi connectivity index (χ0) is 17.1. The maximum Gasteiger partial charge on any atom is 0.313 e. The van der Waals surface area contributed by atoms with Crippen molar-refractivity contribution in [2.24, 2.45) is 0 Å². The molecule has 122 valence electrons. The first-order chi connectivity index (χ1) is 11.6. The Labute approximate surface area is 139 Å². The van der Waals surface area contributed by atoms with Gasteiger partial charge in [-0.3, -0.25) is 4.79 Å². The topological polar surface area (TPSA) is 77.2 Å². The number of nitrogens with one attached hydrogen (secondary N) is 1. The van der Waals surface area contributed by atoms with Crippen LogP contribution in [0, 0.1) is 13.8 Å². The standard InChI is InChI=1S/C18H17N3O3/c1-11-4-9-15(12(2)10-11)19-16(22)18-21-20-17(24-18)13-5-7-14(23-3)8-6-13/h4-10H,1-3H3,(H,19,22). The molecule has 6 nitrogen and oxygen atoms in total.